The van der Waals surface area contributed by atoms with E-state index in [-0.39, 0.29) is 32.5 Å². The summed E-state index contributed by atoms with van der Waals surface area (Å²) in [4.78, 5) is 26.0. The van der Waals surface area contributed by atoms with Crippen LogP contribution in [0, 0.1) is 11.5 Å². The lowest BCUT2D eigenvalue weighted by Crippen LogP contribution is -2.62. The topological polar surface area (TPSA) is 198 Å². The zero-order chi connectivity index (χ0) is 34.9. The van der Waals surface area contributed by atoms with Crippen LogP contribution in [0.4, 0.5) is 0 Å². The Kier molecular flexibility index (Phi) is 15.5. The van der Waals surface area contributed by atoms with Crippen molar-refractivity contribution in [2.75, 3.05) is 33.0 Å². The zero-order valence-electron chi connectivity index (χ0n) is 28.2. The smallest absolute Gasteiger partial charge is 0.339 e. The molecule has 3 saturated heterocycles. The van der Waals surface area contributed by atoms with Crippen LogP contribution in [0.15, 0.2) is 0 Å². The minimum Gasteiger partial charge on any atom is -0.461 e. The fraction of sp³-hybridized carbons (Fsp3) is 0.871. The van der Waals surface area contributed by atoms with Crippen LogP contribution in [0.2, 0.25) is 19.6 Å². The molecule has 3 aliphatic heterocycles. The quantitative estimate of drug-likeness (QED) is 0.0797. The number of carbonyl (C=O) groups is 2. The second kappa shape index (κ2) is 18.3. The molecule has 3 fully saturated rings. The number of esters is 2. The van der Waals surface area contributed by atoms with E-state index in [4.69, 9.17) is 42.6 Å². The van der Waals surface area contributed by atoms with Crippen molar-refractivity contribution in [3.8, 4) is 11.5 Å². The lowest BCUT2D eigenvalue weighted by Gasteiger charge is -2.42. The van der Waals surface area contributed by atoms with Gasteiger partial charge in [0, 0.05) is 6.61 Å². The molecule has 16 heteroatoms. The summed E-state index contributed by atoms with van der Waals surface area (Å²) in [5.74, 6) is 1.14. The highest BCUT2D eigenvalue weighted by Gasteiger charge is 2.51. The van der Waals surface area contributed by atoms with Crippen molar-refractivity contribution in [1.82, 2.24) is 0 Å². The van der Waals surface area contributed by atoms with E-state index < -0.39 is 93.6 Å². The molecule has 0 spiro atoms. The average molecular weight is 693 g/mol. The lowest BCUT2D eigenvalue weighted by molar-refractivity contribution is -0.316. The number of aliphatic hydroxyl groups is 4. The standard InChI is InChI=1S/C31H52O15Si/c1-17(2)43-25-21(33)22(34)30(45-27(25)28(36)40-12-9-15-47(5,6)7)41-14-13-39-24-20(32)23(35)31(44-18(3)4)46-26(24)29(37)42-16-19-10-8-11-38-19/h17-27,30-35H,8,10-14,16H2,1-7H3/t19?,20-,21-,22+,23+,24+,25+,26?,27?,30-,31-/m1/s1. The summed E-state index contributed by atoms with van der Waals surface area (Å²) in [6, 6.07) is 0. The van der Waals surface area contributed by atoms with E-state index in [0.717, 1.165) is 12.8 Å². The van der Waals surface area contributed by atoms with E-state index in [0.29, 0.717) is 6.61 Å². The second-order valence-electron chi connectivity index (χ2n) is 13.3. The number of ether oxygens (including phenoxy) is 9. The molecule has 3 heterocycles. The predicted molar refractivity (Wildman–Crippen MR) is 165 cm³/mol. The summed E-state index contributed by atoms with van der Waals surface area (Å²) < 4.78 is 50.2. The normalized spacial score (nSPS) is 34.6. The molecule has 0 amide bonds. The molecule has 0 radical (unpaired) electrons. The van der Waals surface area contributed by atoms with Gasteiger partial charge in [0.25, 0.3) is 0 Å². The highest BCUT2D eigenvalue weighted by molar-refractivity contribution is 6.83. The van der Waals surface area contributed by atoms with Crippen molar-refractivity contribution in [3.05, 3.63) is 0 Å². The predicted octanol–water partition coefficient (Wildman–Crippen LogP) is -0.354. The van der Waals surface area contributed by atoms with Gasteiger partial charge < -0.3 is 63.1 Å². The van der Waals surface area contributed by atoms with Gasteiger partial charge in [0.2, 0.25) is 0 Å². The molecular weight excluding hydrogens is 640 g/mol. The third-order valence-electron chi connectivity index (χ3n) is 7.25. The van der Waals surface area contributed by atoms with Crippen LogP contribution >= 0.6 is 0 Å². The van der Waals surface area contributed by atoms with Gasteiger partial charge in [-0.05, 0) is 40.5 Å². The van der Waals surface area contributed by atoms with Crippen molar-refractivity contribution in [2.24, 2.45) is 0 Å². The van der Waals surface area contributed by atoms with Crippen LogP contribution in [0.25, 0.3) is 0 Å². The molecule has 270 valence electrons. The van der Waals surface area contributed by atoms with Gasteiger partial charge in [-0.2, -0.15) is 0 Å². The number of rotatable bonds is 14. The van der Waals surface area contributed by atoms with Gasteiger partial charge in [0.15, 0.2) is 31.4 Å². The monoisotopic (exact) mass is 692 g/mol. The lowest BCUT2D eigenvalue weighted by atomic mass is 9.98. The molecule has 3 aliphatic rings. The fourth-order valence-electron chi connectivity index (χ4n) is 5.10. The maximum atomic E-state index is 13.1. The van der Waals surface area contributed by atoms with E-state index in [1.807, 2.05) is 19.6 Å². The number of aliphatic hydroxyl groups excluding tert-OH is 4. The average Bonchev–Trinajstić information content (AvgIpc) is 3.51. The molecule has 0 saturated carbocycles. The van der Waals surface area contributed by atoms with Crippen LogP contribution < -0.4 is 0 Å². The highest BCUT2D eigenvalue weighted by atomic mass is 28.3. The molecule has 0 aromatic carbocycles. The van der Waals surface area contributed by atoms with Crippen molar-refractivity contribution in [1.29, 1.82) is 0 Å². The van der Waals surface area contributed by atoms with E-state index >= 15 is 0 Å². The SMILES string of the molecule is CC(C)O[C@@H]1OC(C(=O)OCC2CCCO2)[C@@H](OCCO[C@@H]2OC(C(=O)OCC#C[Si](C)(C)C)[C@@H](OC(C)C)[C@H](O)[C@@H]2O)[C@H](O)[C@@H]1O. The number of carbonyl (C=O) groups excluding carboxylic acids is 2. The molecule has 15 nitrogen and oxygen atoms in total. The van der Waals surface area contributed by atoms with Crippen LogP contribution in [-0.2, 0) is 52.2 Å². The molecule has 0 aromatic rings. The molecule has 3 rings (SSSR count). The second-order valence-corrected chi connectivity index (χ2v) is 18.0. The van der Waals surface area contributed by atoms with E-state index in [1.54, 1.807) is 27.7 Å². The summed E-state index contributed by atoms with van der Waals surface area (Å²) in [5, 5.41) is 43.1. The first-order chi connectivity index (χ1) is 22.1. The van der Waals surface area contributed by atoms with Gasteiger partial charge in [0.1, 0.15) is 51.3 Å². The molecule has 0 aromatic heterocycles. The van der Waals surface area contributed by atoms with E-state index in [2.05, 4.69) is 11.5 Å². The van der Waals surface area contributed by atoms with Crippen LogP contribution in [0.5, 0.6) is 0 Å². The summed E-state index contributed by atoms with van der Waals surface area (Å²) in [6.07, 6.45) is -14.2. The molecule has 47 heavy (non-hydrogen) atoms. The Bertz CT molecular complexity index is 1050. The summed E-state index contributed by atoms with van der Waals surface area (Å²) in [5.41, 5.74) is 3.08. The molecule has 0 aliphatic carbocycles. The minimum absolute atomic E-state index is 0.0158. The third-order valence-corrected chi connectivity index (χ3v) is 8.18. The first-order valence-corrected chi connectivity index (χ1v) is 19.6. The van der Waals surface area contributed by atoms with Crippen molar-refractivity contribution < 1.29 is 72.6 Å². The minimum atomic E-state index is -1.69. The largest absolute Gasteiger partial charge is 0.461 e. The Morgan fingerprint density at radius 3 is 1.98 bits per heavy atom. The Morgan fingerprint density at radius 2 is 1.36 bits per heavy atom. The van der Waals surface area contributed by atoms with Gasteiger partial charge in [-0.15, -0.1) is 5.54 Å². The molecular formula is C31H52O15Si. The van der Waals surface area contributed by atoms with Gasteiger partial charge in [-0.25, -0.2) is 9.59 Å². The molecule has 4 N–H and O–H groups in total. The Labute approximate surface area is 277 Å². The maximum Gasteiger partial charge on any atom is 0.339 e. The first-order valence-electron chi connectivity index (χ1n) is 16.1. The zero-order valence-corrected chi connectivity index (χ0v) is 29.2. The Morgan fingerprint density at radius 1 is 0.787 bits per heavy atom. The van der Waals surface area contributed by atoms with E-state index in [1.165, 1.54) is 0 Å². The Balaban J connectivity index is 1.63. The van der Waals surface area contributed by atoms with Crippen molar-refractivity contribution in [2.45, 2.75) is 140 Å². The van der Waals surface area contributed by atoms with Crippen LogP contribution in [0.3, 0.4) is 0 Å². The number of hydrogen-bond acceptors (Lipinski definition) is 15. The Hall–Kier alpha value is -1.72. The third kappa shape index (κ3) is 12.0. The van der Waals surface area contributed by atoms with Gasteiger partial charge in [-0.3, -0.25) is 0 Å². The molecule has 3 unspecified atom stereocenters. The summed E-state index contributed by atoms with van der Waals surface area (Å²) in [7, 11) is -1.69. The maximum absolute atomic E-state index is 13.1. The van der Waals surface area contributed by atoms with Crippen LogP contribution in [0.1, 0.15) is 40.5 Å². The van der Waals surface area contributed by atoms with E-state index in [9.17, 15) is 30.0 Å². The highest BCUT2D eigenvalue weighted by Crippen LogP contribution is 2.28. The molecule has 0 bridgehead atoms. The molecule has 11 atom stereocenters. The van der Waals surface area contributed by atoms with Crippen molar-refractivity contribution in [3.63, 3.8) is 0 Å². The first kappa shape index (κ1) is 39.7. The van der Waals surface area contributed by atoms with Gasteiger partial charge in [-0.1, -0.05) is 25.6 Å². The van der Waals surface area contributed by atoms with Gasteiger partial charge >= 0.3 is 11.9 Å². The summed E-state index contributed by atoms with van der Waals surface area (Å²) in [6.45, 7) is 12.7. The summed E-state index contributed by atoms with van der Waals surface area (Å²) >= 11 is 0. The number of hydrogen-bond donors (Lipinski definition) is 4. The van der Waals surface area contributed by atoms with Gasteiger partial charge in [0.05, 0.1) is 31.5 Å². The van der Waals surface area contributed by atoms with Crippen molar-refractivity contribution >= 4 is 20.0 Å². The van der Waals surface area contributed by atoms with Crippen LogP contribution in [-0.4, -0.2) is 153 Å². The fourth-order valence-corrected chi connectivity index (χ4v) is 5.70.